The number of para-hydroxylation sites is 1. The van der Waals surface area contributed by atoms with Gasteiger partial charge in [-0.1, -0.05) is 182 Å². The Labute approximate surface area is 319 Å². The van der Waals surface area contributed by atoms with E-state index < -0.39 is 0 Å². The molecule has 0 bridgehead atoms. The van der Waals surface area contributed by atoms with Gasteiger partial charge in [0.15, 0.2) is 17.5 Å². The van der Waals surface area contributed by atoms with E-state index in [1.807, 2.05) is 54.6 Å². The summed E-state index contributed by atoms with van der Waals surface area (Å²) in [6.07, 6.45) is 0. The summed E-state index contributed by atoms with van der Waals surface area (Å²) >= 11 is 0. The number of furan rings is 1. The van der Waals surface area contributed by atoms with Crippen LogP contribution < -0.4 is 0 Å². The minimum atomic E-state index is 0.558. The second-order valence-electron chi connectivity index (χ2n) is 13.6. The third kappa shape index (κ3) is 6.16. The van der Waals surface area contributed by atoms with Crippen molar-refractivity contribution in [3.05, 3.63) is 200 Å². The van der Waals surface area contributed by atoms with Crippen molar-refractivity contribution in [1.29, 1.82) is 0 Å². The Morgan fingerprint density at radius 3 is 1.36 bits per heavy atom. The van der Waals surface area contributed by atoms with Crippen LogP contribution in [-0.4, -0.2) is 15.0 Å². The summed E-state index contributed by atoms with van der Waals surface area (Å²) in [4.78, 5) is 15.2. The molecule has 0 atom stereocenters. The number of fused-ring (bicyclic) bond motifs is 3. The number of nitrogens with zero attached hydrogens (tertiary/aromatic N) is 3. The molecule has 8 aromatic carbocycles. The molecule has 258 valence electrons. The summed E-state index contributed by atoms with van der Waals surface area (Å²) in [5.41, 5.74) is 13.4. The minimum Gasteiger partial charge on any atom is -0.455 e. The minimum absolute atomic E-state index is 0.558. The maximum atomic E-state index is 6.71. The summed E-state index contributed by atoms with van der Waals surface area (Å²) in [6.45, 7) is 0. The van der Waals surface area contributed by atoms with Gasteiger partial charge in [-0.2, -0.15) is 0 Å². The van der Waals surface area contributed by atoms with Crippen LogP contribution in [0.5, 0.6) is 0 Å². The van der Waals surface area contributed by atoms with Crippen molar-refractivity contribution in [2.45, 2.75) is 0 Å². The van der Waals surface area contributed by atoms with Crippen molar-refractivity contribution >= 4 is 21.9 Å². The number of rotatable bonds is 7. The van der Waals surface area contributed by atoms with Crippen molar-refractivity contribution in [3.63, 3.8) is 0 Å². The first-order chi connectivity index (χ1) is 27.2. The highest BCUT2D eigenvalue weighted by Crippen LogP contribution is 2.41. The van der Waals surface area contributed by atoms with Crippen molar-refractivity contribution in [3.8, 4) is 78.7 Å². The summed E-state index contributed by atoms with van der Waals surface area (Å²) < 4.78 is 6.71. The fourth-order valence-corrected chi connectivity index (χ4v) is 7.40. The second kappa shape index (κ2) is 13.8. The van der Waals surface area contributed by atoms with Gasteiger partial charge in [0, 0.05) is 21.9 Å². The van der Waals surface area contributed by atoms with Crippen LogP contribution in [0.15, 0.2) is 205 Å². The van der Waals surface area contributed by atoms with Crippen LogP contribution in [0.2, 0.25) is 0 Å². The molecular weight excluding hydrogens is 671 g/mol. The molecule has 0 aliphatic carbocycles. The quantitative estimate of drug-likeness (QED) is 0.166. The number of benzene rings is 8. The second-order valence-corrected chi connectivity index (χ2v) is 13.6. The van der Waals surface area contributed by atoms with Gasteiger partial charge in [0.05, 0.1) is 5.56 Å². The van der Waals surface area contributed by atoms with Crippen LogP contribution in [0, 0.1) is 0 Å². The van der Waals surface area contributed by atoms with Crippen LogP contribution in [-0.2, 0) is 0 Å². The van der Waals surface area contributed by atoms with Crippen molar-refractivity contribution in [2.75, 3.05) is 0 Å². The van der Waals surface area contributed by atoms with Crippen LogP contribution in [0.3, 0.4) is 0 Å². The molecule has 4 nitrogen and oxygen atoms in total. The van der Waals surface area contributed by atoms with Crippen LogP contribution >= 0.6 is 0 Å². The molecule has 0 radical (unpaired) electrons. The van der Waals surface area contributed by atoms with Crippen molar-refractivity contribution in [1.82, 2.24) is 15.0 Å². The van der Waals surface area contributed by atoms with E-state index in [4.69, 9.17) is 19.4 Å². The Balaban J connectivity index is 1.06. The molecule has 10 aromatic rings. The van der Waals surface area contributed by atoms with Crippen molar-refractivity contribution < 1.29 is 4.42 Å². The fraction of sp³-hybridized carbons (Fsp3) is 0. The first-order valence-corrected chi connectivity index (χ1v) is 18.4. The zero-order valence-corrected chi connectivity index (χ0v) is 29.8. The van der Waals surface area contributed by atoms with E-state index >= 15 is 0 Å². The molecule has 0 aliphatic heterocycles. The van der Waals surface area contributed by atoms with E-state index in [1.54, 1.807) is 0 Å². The number of hydrogen-bond donors (Lipinski definition) is 0. The fourth-order valence-electron chi connectivity index (χ4n) is 7.40. The average Bonchev–Trinajstić information content (AvgIpc) is 3.67. The maximum absolute atomic E-state index is 6.71. The van der Waals surface area contributed by atoms with Crippen LogP contribution in [0.4, 0.5) is 0 Å². The summed E-state index contributed by atoms with van der Waals surface area (Å²) in [5.74, 6) is 1.77. The molecule has 0 amide bonds. The summed E-state index contributed by atoms with van der Waals surface area (Å²) in [7, 11) is 0. The van der Waals surface area contributed by atoms with E-state index in [2.05, 4.69) is 146 Å². The molecule has 0 saturated carbocycles. The Hall–Kier alpha value is -7.43. The Morgan fingerprint density at radius 2 is 0.727 bits per heavy atom. The van der Waals surface area contributed by atoms with E-state index in [1.165, 1.54) is 22.3 Å². The van der Waals surface area contributed by atoms with E-state index in [0.29, 0.717) is 17.5 Å². The summed E-state index contributed by atoms with van der Waals surface area (Å²) in [5, 5.41) is 2.07. The predicted molar refractivity (Wildman–Crippen MR) is 225 cm³/mol. The van der Waals surface area contributed by atoms with Crippen molar-refractivity contribution in [2.24, 2.45) is 0 Å². The molecule has 0 saturated heterocycles. The van der Waals surface area contributed by atoms with Gasteiger partial charge >= 0.3 is 0 Å². The van der Waals surface area contributed by atoms with Gasteiger partial charge < -0.3 is 4.42 Å². The van der Waals surface area contributed by atoms with Crippen LogP contribution in [0.25, 0.3) is 101 Å². The van der Waals surface area contributed by atoms with E-state index in [0.717, 1.165) is 60.9 Å². The molecule has 0 aliphatic rings. The standard InChI is InChI=1S/C51H33N3O/c1-4-13-34(14-5-1)36-25-27-37(28-26-36)38-29-31-39(32-30-38)43-21-12-24-46-47(43)44-22-11-23-45(48(44)55-46)51-53-49(40-17-8-3-9-18-40)52-50(54-51)42-20-10-19-41(33-42)35-15-6-2-7-16-35/h1-33H. The zero-order valence-electron chi connectivity index (χ0n) is 29.8. The Bertz CT molecular complexity index is 2940. The maximum Gasteiger partial charge on any atom is 0.167 e. The molecule has 2 aromatic heterocycles. The van der Waals surface area contributed by atoms with Gasteiger partial charge in [-0.3, -0.25) is 0 Å². The van der Waals surface area contributed by atoms with Gasteiger partial charge in [-0.15, -0.1) is 0 Å². The highest BCUT2D eigenvalue weighted by atomic mass is 16.3. The normalized spacial score (nSPS) is 11.3. The lowest BCUT2D eigenvalue weighted by Crippen LogP contribution is -2.00. The number of aromatic nitrogens is 3. The van der Waals surface area contributed by atoms with Gasteiger partial charge in [0.1, 0.15) is 11.2 Å². The molecule has 4 heteroatoms. The highest BCUT2D eigenvalue weighted by Gasteiger charge is 2.20. The van der Waals surface area contributed by atoms with Gasteiger partial charge in [-0.05, 0) is 62.7 Å². The molecule has 10 rings (SSSR count). The predicted octanol–water partition coefficient (Wildman–Crippen LogP) is 13.4. The first-order valence-electron chi connectivity index (χ1n) is 18.4. The van der Waals surface area contributed by atoms with E-state index in [9.17, 15) is 0 Å². The van der Waals surface area contributed by atoms with Gasteiger partial charge in [0.25, 0.3) is 0 Å². The SMILES string of the molecule is c1ccc(-c2ccc(-c3ccc(-c4cccc5oc6c(-c7nc(-c8ccccc8)nc(-c8cccc(-c9ccccc9)c8)n7)cccc6c45)cc3)cc2)cc1. The van der Waals surface area contributed by atoms with Gasteiger partial charge in [0.2, 0.25) is 0 Å². The molecule has 55 heavy (non-hydrogen) atoms. The molecule has 2 heterocycles. The van der Waals surface area contributed by atoms with E-state index in [-0.39, 0.29) is 0 Å². The monoisotopic (exact) mass is 703 g/mol. The number of hydrogen-bond acceptors (Lipinski definition) is 4. The Kier molecular flexibility index (Phi) is 8.12. The molecule has 0 unspecified atom stereocenters. The molecular formula is C51H33N3O. The molecule has 0 N–H and O–H groups in total. The highest BCUT2D eigenvalue weighted by molar-refractivity contribution is 6.15. The lowest BCUT2D eigenvalue weighted by Gasteiger charge is -2.10. The molecule has 0 spiro atoms. The lowest BCUT2D eigenvalue weighted by molar-refractivity contribution is 0.669. The smallest absolute Gasteiger partial charge is 0.167 e. The van der Waals surface area contributed by atoms with Gasteiger partial charge in [-0.25, -0.2) is 15.0 Å². The average molecular weight is 704 g/mol. The van der Waals surface area contributed by atoms with Crippen LogP contribution in [0.1, 0.15) is 0 Å². The third-order valence-corrected chi connectivity index (χ3v) is 10.2. The summed E-state index contributed by atoms with van der Waals surface area (Å²) in [6, 6.07) is 69.3. The third-order valence-electron chi connectivity index (χ3n) is 10.2. The first kappa shape index (κ1) is 32.2. The lowest BCUT2D eigenvalue weighted by atomic mass is 9.96. The Morgan fingerprint density at radius 1 is 0.291 bits per heavy atom. The topological polar surface area (TPSA) is 51.8 Å². The molecule has 0 fully saturated rings. The zero-order chi connectivity index (χ0) is 36.6. The largest absolute Gasteiger partial charge is 0.455 e.